The zero-order valence-corrected chi connectivity index (χ0v) is 28.2. The molecule has 13 nitrogen and oxygen atoms in total. The average molecular weight is 661 g/mol. The summed E-state index contributed by atoms with van der Waals surface area (Å²) in [6.45, 7) is 12.1. The summed E-state index contributed by atoms with van der Waals surface area (Å²) in [5.74, 6) is -0.666. The molecule has 15 heteroatoms. The van der Waals surface area contributed by atoms with Crippen LogP contribution in [0.4, 0.5) is 5.69 Å². The van der Waals surface area contributed by atoms with Crippen LogP contribution in [0.5, 0.6) is 0 Å². The Morgan fingerprint density at radius 2 is 1.68 bits per heavy atom. The number of rotatable bonds is 23. The maximum Gasteiger partial charge on any atom is 0.305 e. The van der Waals surface area contributed by atoms with Gasteiger partial charge in [0, 0.05) is 43.2 Å². The first-order valence-corrected chi connectivity index (χ1v) is 16.9. The number of pyridine rings is 1. The minimum absolute atomic E-state index is 0.0585. The highest BCUT2D eigenvalue weighted by Crippen LogP contribution is 2.42. The average Bonchev–Trinajstić information content (AvgIpc) is 2.96. The monoisotopic (exact) mass is 660 g/mol. The minimum Gasteiger partial charge on any atom is -0.460 e. The van der Waals surface area contributed by atoms with Crippen molar-refractivity contribution in [2.75, 3.05) is 26.3 Å². The Labute approximate surface area is 267 Å². The van der Waals surface area contributed by atoms with Gasteiger partial charge < -0.3 is 30.0 Å². The van der Waals surface area contributed by atoms with E-state index in [4.69, 9.17) is 14.2 Å². The number of esters is 1. The number of amides is 2. The van der Waals surface area contributed by atoms with E-state index in [2.05, 4.69) is 15.6 Å². The van der Waals surface area contributed by atoms with Crippen LogP contribution in [0.3, 0.4) is 0 Å². The fourth-order valence-corrected chi connectivity index (χ4v) is 5.70. The molecule has 250 valence electrons. The summed E-state index contributed by atoms with van der Waals surface area (Å²) in [4.78, 5) is 50.8. The van der Waals surface area contributed by atoms with Crippen LogP contribution in [0.15, 0.2) is 23.4 Å². The van der Waals surface area contributed by atoms with Gasteiger partial charge in [0.05, 0.1) is 23.7 Å². The van der Waals surface area contributed by atoms with Gasteiger partial charge >= 0.3 is 5.97 Å². The molecule has 1 heterocycles. The van der Waals surface area contributed by atoms with Gasteiger partial charge in [-0.25, -0.2) is 4.98 Å². The molecule has 0 aromatic carbocycles. The first-order chi connectivity index (χ1) is 20.7. The maximum absolute atomic E-state index is 12.3. The molecule has 0 aliphatic rings. The number of nitrogens with one attached hydrogen (secondary N) is 2. The van der Waals surface area contributed by atoms with Crippen molar-refractivity contribution >= 4 is 45.1 Å². The lowest BCUT2D eigenvalue weighted by atomic mass is 10.1. The number of carbonyl (C=O) groups excluding carboxylic acids is 3. The van der Waals surface area contributed by atoms with Crippen molar-refractivity contribution in [2.45, 2.75) is 108 Å². The summed E-state index contributed by atoms with van der Waals surface area (Å²) in [5.41, 5.74) is -0.0585. The molecule has 1 aromatic rings. The predicted octanol–water partition coefficient (Wildman–Crippen LogP) is 4.41. The van der Waals surface area contributed by atoms with E-state index >= 15 is 0 Å². The van der Waals surface area contributed by atoms with Gasteiger partial charge in [0.1, 0.15) is 17.8 Å². The third-order valence-corrected chi connectivity index (χ3v) is 9.34. The molecule has 1 rings (SSSR count). The Morgan fingerprint density at radius 1 is 1.02 bits per heavy atom. The molecule has 0 aliphatic carbocycles. The summed E-state index contributed by atoms with van der Waals surface area (Å²) >= 11 is 0. The van der Waals surface area contributed by atoms with Crippen LogP contribution in [0.25, 0.3) is 0 Å². The second kappa shape index (κ2) is 21.3. The first kappa shape index (κ1) is 39.6. The van der Waals surface area contributed by atoms with E-state index in [1.807, 2.05) is 41.5 Å². The molecule has 2 unspecified atom stereocenters. The van der Waals surface area contributed by atoms with Gasteiger partial charge in [0.2, 0.25) is 11.8 Å². The number of ether oxygens (including phenoxy) is 3. The Kier molecular flexibility index (Phi) is 19.2. The number of aliphatic hydroxyl groups excluding tert-OH is 1. The predicted molar refractivity (Wildman–Crippen MR) is 170 cm³/mol. The van der Waals surface area contributed by atoms with Crippen molar-refractivity contribution in [1.82, 2.24) is 15.6 Å². The lowest BCUT2D eigenvalue weighted by molar-refractivity contribution is -0.385. The number of hydrogen-bond acceptors (Lipinski definition) is 12. The molecule has 2 atom stereocenters. The second-order valence-corrected chi connectivity index (χ2v) is 14.2. The van der Waals surface area contributed by atoms with E-state index in [9.17, 15) is 29.6 Å². The number of aliphatic hydroxyl groups is 1. The normalized spacial score (nSPS) is 13.0. The van der Waals surface area contributed by atoms with Gasteiger partial charge in [-0.05, 0) is 69.7 Å². The fourth-order valence-electron chi connectivity index (χ4n) is 3.51. The Balaban J connectivity index is 2.18. The Hall–Kier alpha value is -2.46. The van der Waals surface area contributed by atoms with Crippen LogP contribution in [-0.2, 0) is 28.6 Å². The molecule has 2 amide bonds. The summed E-state index contributed by atoms with van der Waals surface area (Å²) < 4.78 is 16.4. The molecule has 0 saturated carbocycles. The fraction of sp³-hybridized carbons (Fsp3) is 0.724. The summed E-state index contributed by atoms with van der Waals surface area (Å²) in [6, 6.07) is 3.02. The highest BCUT2D eigenvalue weighted by Gasteiger charge is 2.23. The molecule has 0 radical (unpaired) electrons. The van der Waals surface area contributed by atoms with E-state index in [-0.39, 0.29) is 60.3 Å². The molecule has 0 saturated heterocycles. The molecular weight excluding hydrogens is 612 g/mol. The zero-order valence-electron chi connectivity index (χ0n) is 26.5. The van der Waals surface area contributed by atoms with Gasteiger partial charge in [-0.15, -0.1) is 0 Å². The van der Waals surface area contributed by atoms with E-state index in [1.165, 1.54) is 23.1 Å². The maximum atomic E-state index is 12.3. The molecular formula is C29H48N4O9S2. The third kappa shape index (κ3) is 18.4. The number of nitrogens with zero attached hydrogens (tertiary/aromatic N) is 2. The smallest absolute Gasteiger partial charge is 0.305 e. The van der Waals surface area contributed by atoms with Gasteiger partial charge in [0.15, 0.2) is 6.29 Å². The largest absolute Gasteiger partial charge is 0.460 e. The highest BCUT2D eigenvalue weighted by molar-refractivity contribution is 8.77. The number of carbonyl (C=O) groups is 3. The van der Waals surface area contributed by atoms with Crippen LogP contribution in [0.2, 0.25) is 0 Å². The molecule has 1 aromatic heterocycles. The quantitative estimate of drug-likeness (QED) is 0.0377. The van der Waals surface area contributed by atoms with Gasteiger partial charge in [0.25, 0.3) is 5.69 Å². The van der Waals surface area contributed by atoms with Crippen LogP contribution >= 0.6 is 21.6 Å². The van der Waals surface area contributed by atoms with Crippen LogP contribution in [-0.4, -0.2) is 82.3 Å². The van der Waals surface area contributed by atoms with Crippen molar-refractivity contribution in [3.63, 3.8) is 0 Å². The van der Waals surface area contributed by atoms with E-state index in [0.717, 1.165) is 0 Å². The lowest BCUT2D eigenvalue weighted by Crippen LogP contribution is -2.36. The highest BCUT2D eigenvalue weighted by atomic mass is 33.1. The standard InChI is InChI=1S/C29H48N4O9S2/c1-20(2)23(18-34)42-28(41-21(3)4)19-40-27(37)10-7-9-24(35)30-15-8-16-31-25(36)13-14-29(5,6)44-43-26-12-11-22(17-32-26)33(38)39/h11-12,17,20-21,23,28,34H,7-10,13-16,18-19H2,1-6H3,(H,30,35)(H,31,36). The molecule has 3 N–H and O–H groups in total. The van der Waals surface area contributed by atoms with Crippen molar-refractivity contribution in [3.8, 4) is 0 Å². The number of hydrogen-bond donors (Lipinski definition) is 3. The SMILES string of the molecule is CC(C)OC(COC(=O)CCCC(=O)NCCCNC(=O)CCC(C)(C)SSc1ccc([N+](=O)[O-])cn1)OC(CO)C(C)C. The first-order valence-electron chi connectivity index (χ1n) is 14.8. The number of aromatic nitrogens is 1. The van der Waals surface area contributed by atoms with Crippen molar-refractivity contribution < 1.29 is 38.6 Å². The van der Waals surface area contributed by atoms with E-state index in [1.54, 1.807) is 16.9 Å². The lowest BCUT2D eigenvalue weighted by Gasteiger charge is -2.27. The van der Waals surface area contributed by atoms with Crippen LogP contribution < -0.4 is 10.6 Å². The van der Waals surface area contributed by atoms with Crippen molar-refractivity contribution in [3.05, 3.63) is 28.4 Å². The van der Waals surface area contributed by atoms with Crippen molar-refractivity contribution in [2.24, 2.45) is 5.92 Å². The summed E-state index contributed by atoms with van der Waals surface area (Å²) in [7, 11) is 2.96. The van der Waals surface area contributed by atoms with Crippen molar-refractivity contribution in [1.29, 1.82) is 0 Å². The van der Waals surface area contributed by atoms with Gasteiger partial charge in [-0.2, -0.15) is 0 Å². The van der Waals surface area contributed by atoms with Crippen LogP contribution in [0.1, 0.15) is 80.1 Å². The number of nitro groups is 1. The van der Waals surface area contributed by atoms with Gasteiger partial charge in [-0.1, -0.05) is 24.6 Å². The van der Waals surface area contributed by atoms with Gasteiger partial charge in [-0.3, -0.25) is 24.5 Å². The Bertz CT molecular complexity index is 1030. The summed E-state index contributed by atoms with van der Waals surface area (Å²) in [5, 5.41) is 26.5. The second-order valence-electron chi connectivity index (χ2n) is 11.3. The molecule has 44 heavy (non-hydrogen) atoms. The molecule has 0 fully saturated rings. The minimum atomic E-state index is -0.793. The topological polar surface area (TPSA) is 179 Å². The van der Waals surface area contributed by atoms with E-state index in [0.29, 0.717) is 43.8 Å². The van der Waals surface area contributed by atoms with Crippen LogP contribution in [0, 0.1) is 16.0 Å². The molecule has 0 spiro atoms. The zero-order chi connectivity index (χ0) is 33.1. The molecule has 0 aliphatic heterocycles. The molecule has 0 bridgehead atoms. The Morgan fingerprint density at radius 3 is 2.23 bits per heavy atom. The van der Waals surface area contributed by atoms with E-state index < -0.39 is 23.3 Å². The summed E-state index contributed by atoms with van der Waals surface area (Å²) in [6.07, 6.45) is 1.95. The third-order valence-electron chi connectivity index (χ3n) is 6.08.